The third kappa shape index (κ3) is 2.14. The van der Waals surface area contributed by atoms with Gasteiger partial charge in [-0.2, -0.15) is 5.10 Å². The van der Waals surface area contributed by atoms with Crippen LogP contribution in [-0.4, -0.2) is 22.6 Å². The van der Waals surface area contributed by atoms with E-state index in [2.05, 4.69) is 10.2 Å². The molecule has 0 aliphatic rings. The first-order valence-electron chi connectivity index (χ1n) is 6.03. The lowest BCUT2D eigenvalue weighted by Gasteiger charge is -2.20. The summed E-state index contributed by atoms with van der Waals surface area (Å²) in [6.45, 7) is 6.40. The van der Waals surface area contributed by atoms with Gasteiger partial charge in [-0.15, -0.1) is 0 Å². The molecule has 0 unspecified atom stereocenters. The van der Waals surface area contributed by atoms with Crippen molar-refractivity contribution in [2.45, 2.75) is 20.8 Å². The SMILES string of the molecule is CCN(C(=O)c1n[nH]c(C)c1C)c1ccccc1. The number of para-hydroxylation sites is 1. The molecule has 1 amide bonds. The monoisotopic (exact) mass is 243 g/mol. The first-order valence-corrected chi connectivity index (χ1v) is 6.03. The van der Waals surface area contributed by atoms with E-state index >= 15 is 0 Å². The first kappa shape index (κ1) is 12.4. The molecule has 18 heavy (non-hydrogen) atoms. The van der Waals surface area contributed by atoms with E-state index in [0.717, 1.165) is 16.9 Å². The molecule has 0 bridgehead atoms. The quantitative estimate of drug-likeness (QED) is 0.901. The molecule has 4 heteroatoms. The number of hydrogen-bond donors (Lipinski definition) is 1. The number of benzene rings is 1. The van der Waals surface area contributed by atoms with Gasteiger partial charge in [0, 0.05) is 23.5 Å². The molecule has 1 N–H and O–H groups in total. The maximum Gasteiger partial charge on any atom is 0.279 e. The minimum atomic E-state index is -0.0643. The fourth-order valence-electron chi connectivity index (χ4n) is 1.87. The number of hydrogen-bond acceptors (Lipinski definition) is 2. The van der Waals surface area contributed by atoms with Crippen LogP contribution in [0.2, 0.25) is 0 Å². The number of H-pyrrole nitrogens is 1. The third-order valence-corrected chi connectivity index (χ3v) is 3.08. The zero-order valence-electron chi connectivity index (χ0n) is 10.9. The molecule has 0 saturated carbocycles. The molecule has 0 radical (unpaired) electrons. The number of anilines is 1. The summed E-state index contributed by atoms with van der Waals surface area (Å²) in [5, 5.41) is 6.94. The summed E-state index contributed by atoms with van der Waals surface area (Å²) in [6.07, 6.45) is 0. The van der Waals surface area contributed by atoms with Crippen LogP contribution < -0.4 is 4.90 Å². The van der Waals surface area contributed by atoms with Crippen LogP contribution in [0.5, 0.6) is 0 Å². The van der Waals surface area contributed by atoms with Crippen molar-refractivity contribution in [1.29, 1.82) is 0 Å². The Morgan fingerprint density at radius 3 is 2.44 bits per heavy atom. The highest BCUT2D eigenvalue weighted by Crippen LogP contribution is 2.18. The van der Waals surface area contributed by atoms with E-state index in [4.69, 9.17) is 0 Å². The van der Waals surface area contributed by atoms with Gasteiger partial charge in [0.1, 0.15) is 0 Å². The molecule has 0 aliphatic carbocycles. The Morgan fingerprint density at radius 1 is 1.28 bits per heavy atom. The van der Waals surface area contributed by atoms with Crippen molar-refractivity contribution in [3.05, 3.63) is 47.3 Å². The first-order chi connectivity index (χ1) is 8.65. The van der Waals surface area contributed by atoms with E-state index in [1.807, 2.05) is 51.1 Å². The molecule has 4 nitrogen and oxygen atoms in total. The van der Waals surface area contributed by atoms with Crippen molar-refractivity contribution in [3.8, 4) is 0 Å². The van der Waals surface area contributed by atoms with Crippen LogP contribution in [0.15, 0.2) is 30.3 Å². The van der Waals surface area contributed by atoms with Gasteiger partial charge in [0.25, 0.3) is 5.91 Å². The van der Waals surface area contributed by atoms with E-state index < -0.39 is 0 Å². The van der Waals surface area contributed by atoms with Crippen LogP contribution in [0.25, 0.3) is 0 Å². The van der Waals surface area contributed by atoms with Gasteiger partial charge >= 0.3 is 0 Å². The van der Waals surface area contributed by atoms with Crippen molar-refractivity contribution in [2.75, 3.05) is 11.4 Å². The van der Waals surface area contributed by atoms with E-state index in [9.17, 15) is 4.79 Å². The molecule has 1 aromatic carbocycles. The lowest BCUT2D eigenvalue weighted by molar-refractivity contribution is 0.0983. The highest BCUT2D eigenvalue weighted by Gasteiger charge is 2.21. The average molecular weight is 243 g/mol. The maximum absolute atomic E-state index is 12.5. The summed E-state index contributed by atoms with van der Waals surface area (Å²) < 4.78 is 0. The number of nitrogens with one attached hydrogen (secondary N) is 1. The van der Waals surface area contributed by atoms with Crippen LogP contribution in [-0.2, 0) is 0 Å². The second-order valence-electron chi connectivity index (χ2n) is 4.21. The molecule has 0 saturated heterocycles. The molecule has 1 aromatic heterocycles. The van der Waals surface area contributed by atoms with Crippen molar-refractivity contribution in [1.82, 2.24) is 10.2 Å². The zero-order valence-corrected chi connectivity index (χ0v) is 10.9. The molecule has 2 rings (SSSR count). The fraction of sp³-hybridized carbons (Fsp3) is 0.286. The Balaban J connectivity index is 2.35. The normalized spacial score (nSPS) is 10.4. The van der Waals surface area contributed by atoms with Gasteiger partial charge in [-0.1, -0.05) is 18.2 Å². The molecular formula is C14H17N3O. The minimum absolute atomic E-state index is 0.0643. The lowest BCUT2D eigenvalue weighted by Crippen LogP contribution is -2.31. The highest BCUT2D eigenvalue weighted by molar-refractivity contribution is 6.05. The number of carbonyl (C=O) groups excluding carboxylic acids is 1. The number of amides is 1. The lowest BCUT2D eigenvalue weighted by atomic mass is 10.2. The van der Waals surface area contributed by atoms with E-state index in [1.165, 1.54) is 0 Å². The predicted molar refractivity (Wildman–Crippen MR) is 71.9 cm³/mol. The van der Waals surface area contributed by atoms with Crippen LogP contribution in [0.4, 0.5) is 5.69 Å². The minimum Gasteiger partial charge on any atom is -0.307 e. The molecule has 0 aliphatic heterocycles. The van der Waals surface area contributed by atoms with Crippen LogP contribution >= 0.6 is 0 Å². The summed E-state index contributed by atoms with van der Waals surface area (Å²) in [6, 6.07) is 9.64. The smallest absolute Gasteiger partial charge is 0.279 e. The van der Waals surface area contributed by atoms with Gasteiger partial charge in [-0.05, 0) is 32.9 Å². The summed E-state index contributed by atoms with van der Waals surface area (Å²) in [7, 11) is 0. The van der Waals surface area contributed by atoms with Gasteiger partial charge in [0.15, 0.2) is 5.69 Å². The fourth-order valence-corrected chi connectivity index (χ4v) is 1.87. The van der Waals surface area contributed by atoms with E-state index in [0.29, 0.717) is 12.2 Å². The number of aryl methyl sites for hydroxylation is 1. The van der Waals surface area contributed by atoms with Crippen molar-refractivity contribution in [2.24, 2.45) is 0 Å². The summed E-state index contributed by atoms with van der Waals surface area (Å²) in [4.78, 5) is 14.2. The van der Waals surface area contributed by atoms with E-state index in [1.54, 1.807) is 4.90 Å². The van der Waals surface area contributed by atoms with E-state index in [-0.39, 0.29) is 5.91 Å². The standard InChI is InChI=1S/C14H17N3O/c1-4-17(12-8-6-5-7-9-12)14(18)13-10(2)11(3)15-16-13/h5-9H,4H2,1-3H3,(H,15,16). The molecule has 0 fully saturated rings. The number of aromatic nitrogens is 2. The average Bonchev–Trinajstić information content (AvgIpc) is 2.72. The van der Waals surface area contributed by atoms with Crippen molar-refractivity contribution >= 4 is 11.6 Å². The summed E-state index contributed by atoms with van der Waals surface area (Å²) >= 11 is 0. The van der Waals surface area contributed by atoms with Gasteiger partial charge < -0.3 is 4.90 Å². The maximum atomic E-state index is 12.5. The molecule has 0 atom stereocenters. The largest absolute Gasteiger partial charge is 0.307 e. The Hall–Kier alpha value is -2.10. The van der Waals surface area contributed by atoms with Crippen molar-refractivity contribution in [3.63, 3.8) is 0 Å². The Kier molecular flexibility index (Phi) is 3.46. The molecule has 2 aromatic rings. The second-order valence-corrected chi connectivity index (χ2v) is 4.21. The van der Waals surface area contributed by atoms with Crippen LogP contribution in [0.1, 0.15) is 28.7 Å². The molecule has 0 spiro atoms. The van der Waals surface area contributed by atoms with Gasteiger partial charge in [-0.25, -0.2) is 0 Å². The van der Waals surface area contributed by atoms with Gasteiger partial charge in [0.05, 0.1) is 0 Å². The molecule has 1 heterocycles. The van der Waals surface area contributed by atoms with Crippen molar-refractivity contribution < 1.29 is 4.79 Å². The topological polar surface area (TPSA) is 49.0 Å². The third-order valence-electron chi connectivity index (χ3n) is 3.08. The Labute approximate surface area is 107 Å². The van der Waals surface area contributed by atoms with Gasteiger partial charge in [-0.3, -0.25) is 9.89 Å². The molecule has 94 valence electrons. The molecular weight excluding hydrogens is 226 g/mol. The number of nitrogens with zero attached hydrogens (tertiary/aromatic N) is 2. The Bertz CT molecular complexity index is 545. The highest BCUT2D eigenvalue weighted by atomic mass is 16.2. The summed E-state index contributed by atoms with van der Waals surface area (Å²) in [5.74, 6) is -0.0643. The number of carbonyl (C=O) groups is 1. The predicted octanol–water partition coefficient (Wildman–Crippen LogP) is 2.69. The summed E-state index contributed by atoms with van der Waals surface area (Å²) in [5.41, 5.74) is 3.24. The van der Waals surface area contributed by atoms with Crippen LogP contribution in [0, 0.1) is 13.8 Å². The Morgan fingerprint density at radius 2 is 1.94 bits per heavy atom. The number of aromatic amines is 1. The number of rotatable bonds is 3. The van der Waals surface area contributed by atoms with Gasteiger partial charge in [0.2, 0.25) is 0 Å². The van der Waals surface area contributed by atoms with Crippen LogP contribution in [0.3, 0.4) is 0 Å². The zero-order chi connectivity index (χ0) is 13.1. The second kappa shape index (κ2) is 5.04.